The summed E-state index contributed by atoms with van der Waals surface area (Å²) in [5, 5.41) is 8.69. The normalized spacial score (nSPS) is 10.5. The number of benzene rings is 1. The number of aliphatic hydroxyl groups excluding tert-OH is 1. The lowest BCUT2D eigenvalue weighted by atomic mass is 10.1. The Bertz CT molecular complexity index is 617. The van der Waals surface area contributed by atoms with Crippen LogP contribution >= 0.6 is 0 Å². The van der Waals surface area contributed by atoms with Gasteiger partial charge in [0.2, 0.25) is 0 Å². The number of aliphatic hydroxyl groups is 1. The number of nitrogens with zero attached hydrogens (tertiary/aromatic N) is 1. The number of hydrogen-bond acceptors (Lipinski definition) is 3. The maximum absolute atomic E-state index is 8.69. The molecule has 1 N–H and O–H groups in total. The summed E-state index contributed by atoms with van der Waals surface area (Å²) < 4.78 is 5.59. The molecule has 0 radical (unpaired) electrons. The summed E-state index contributed by atoms with van der Waals surface area (Å²) in [6.45, 7) is 3.73. The Morgan fingerprint density at radius 3 is 2.48 bits per heavy atom. The van der Waals surface area contributed by atoms with Crippen LogP contribution in [0, 0.1) is 18.8 Å². The Balaban J connectivity index is 1.89. The van der Waals surface area contributed by atoms with Gasteiger partial charge in [-0.25, -0.2) is 0 Å². The Labute approximate surface area is 126 Å². The number of hydrogen-bond donors (Lipinski definition) is 1. The molecule has 1 aromatic carbocycles. The van der Waals surface area contributed by atoms with Gasteiger partial charge in [-0.15, -0.1) is 0 Å². The van der Waals surface area contributed by atoms with Gasteiger partial charge in [0.1, 0.15) is 11.5 Å². The van der Waals surface area contributed by atoms with Crippen LogP contribution < -0.4 is 0 Å². The number of furan rings is 1. The molecule has 0 bridgehead atoms. The van der Waals surface area contributed by atoms with Crippen LogP contribution in [0.4, 0.5) is 0 Å². The minimum Gasteiger partial charge on any atom is -0.465 e. The quantitative estimate of drug-likeness (QED) is 0.857. The van der Waals surface area contributed by atoms with Crippen molar-refractivity contribution in [1.29, 1.82) is 0 Å². The van der Waals surface area contributed by atoms with Crippen molar-refractivity contribution in [3.8, 4) is 11.8 Å². The van der Waals surface area contributed by atoms with E-state index in [1.165, 1.54) is 5.56 Å². The van der Waals surface area contributed by atoms with Crippen LogP contribution in [0.2, 0.25) is 0 Å². The summed E-state index contributed by atoms with van der Waals surface area (Å²) in [7, 11) is 2.08. The van der Waals surface area contributed by atoms with Crippen LogP contribution in [0.15, 0.2) is 40.8 Å². The van der Waals surface area contributed by atoms with Gasteiger partial charge in [0.05, 0.1) is 13.2 Å². The van der Waals surface area contributed by atoms with Gasteiger partial charge in [0.15, 0.2) is 0 Å². The summed E-state index contributed by atoms with van der Waals surface area (Å²) in [5.74, 6) is 7.89. The van der Waals surface area contributed by atoms with E-state index in [0.717, 1.165) is 30.2 Å². The summed E-state index contributed by atoms with van der Waals surface area (Å²) in [4.78, 5) is 2.21. The minimum atomic E-state index is 0.113. The number of aryl methyl sites for hydroxylation is 1. The summed E-state index contributed by atoms with van der Waals surface area (Å²) in [6.07, 6.45) is 0.521. The van der Waals surface area contributed by atoms with Crippen molar-refractivity contribution in [2.45, 2.75) is 26.4 Å². The third kappa shape index (κ3) is 5.11. The maximum atomic E-state index is 8.69. The smallest absolute Gasteiger partial charge is 0.118 e. The van der Waals surface area contributed by atoms with Gasteiger partial charge in [0, 0.05) is 18.5 Å². The first-order valence-corrected chi connectivity index (χ1v) is 7.10. The molecule has 3 heteroatoms. The molecule has 0 aliphatic heterocycles. The van der Waals surface area contributed by atoms with E-state index in [-0.39, 0.29) is 6.61 Å². The Hall–Kier alpha value is -2.02. The molecule has 21 heavy (non-hydrogen) atoms. The van der Waals surface area contributed by atoms with E-state index in [1.54, 1.807) is 0 Å². The SMILES string of the molecule is Cc1ccc(CN(C)Cc2ccc(C#CCCO)cc2)o1. The molecular weight excluding hydrogens is 262 g/mol. The standard InChI is InChI=1S/C18H21NO2/c1-15-6-11-18(21-15)14-19(2)13-17-9-7-16(8-10-17)5-3-4-12-20/h6-11,20H,4,12-14H2,1-2H3. The maximum Gasteiger partial charge on any atom is 0.118 e. The molecule has 0 spiro atoms. The van der Waals surface area contributed by atoms with E-state index in [2.05, 4.69) is 35.9 Å². The molecule has 2 rings (SSSR count). The first-order chi connectivity index (χ1) is 10.2. The zero-order chi connectivity index (χ0) is 15.1. The molecule has 0 unspecified atom stereocenters. The Kier molecular flexibility index (Phi) is 5.62. The molecule has 0 fully saturated rings. The summed E-state index contributed by atoms with van der Waals surface area (Å²) in [6, 6.07) is 12.2. The van der Waals surface area contributed by atoms with Crippen molar-refractivity contribution >= 4 is 0 Å². The average molecular weight is 283 g/mol. The Morgan fingerprint density at radius 1 is 1.10 bits per heavy atom. The first-order valence-electron chi connectivity index (χ1n) is 7.10. The van der Waals surface area contributed by atoms with E-state index in [4.69, 9.17) is 9.52 Å². The molecule has 0 saturated carbocycles. The van der Waals surface area contributed by atoms with Crippen molar-refractivity contribution in [3.63, 3.8) is 0 Å². The highest BCUT2D eigenvalue weighted by molar-refractivity contribution is 5.36. The fraction of sp³-hybridized carbons (Fsp3) is 0.333. The lowest BCUT2D eigenvalue weighted by Gasteiger charge is -2.15. The second-order valence-corrected chi connectivity index (χ2v) is 5.16. The average Bonchev–Trinajstić information content (AvgIpc) is 2.86. The molecule has 110 valence electrons. The molecule has 0 aliphatic rings. The topological polar surface area (TPSA) is 36.6 Å². The molecule has 0 aliphatic carbocycles. The second-order valence-electron chi connectivity index (χ2n) is 5.16. The van der Waals surface area contributed by atoms with Crippen LogP contribution in [-0.4, -0.2) is 23.7 Å². The molecule has 3 nitrogen and oxygen atoms in total. The third-order valence-corrected chi connectivity index (χ3v) is 3.10. The summed E-state index contributed by atoms with van der Waals surface area (Å²) >= 11 is 0. The van der Waals surface area contributed by atoms with Crippen molar-refractivity contribution in [1.82, 2.24) is 4.90 Å². The predicted molar refractivity (Wildman–Crippen MR) is 83.6 cm³/mol. The minimum absolute atomic E-state index is 0.113. The zero-order valence-corrected chi connectivity index (χ0v) is 12.6. The highest BCUT2D eigenvalue weighted by Gasteiger charge is 2.04. The first kappa shape index (κ1) is 15.4. The van der Waals surface area contributed by atoms with Gasteiger partial charge >= 0.3 is 0 Å². The van der Waals surface area contributed by atoms with Gasteiger partial charge in [-0.3, -0.25) is 4.90 Å². The van der Waals surface area contributed by atoms with Crippen molar-refractivity contribution in [2.75, 3.05) is 13.7 Å². The molecule has 0 amide bonds. The van der Waals surface area contributed by atoms with Crippen molar-refractivity contribution < 1.29 is 9.52 Å². The van der Waals surface area contributed by atoms with Crippen molar-refractivity contribution in [3.05, 3.63) is 59.0 Å². The van der Waals surface area contributed by atoms with Crippen LogP contribution in [0.25, 0.3) is 0 Å². The van der Waals surface area contributed by atoms with Crippen LogP contribution in [0.3, 0.4) is 0 Å². The lowest BCUT2D eigenvalue weighted by Crippen LogP contribution is -2.16. The van der Waals surface area contributed by atoms with E-state index in [1.807, 2.05) is 31.2 Å². The van der Waals surface area contributed by atoms with Crippen molar-refractivity contribution in [2.24, 2.45) is 0 Å². The van der Waals surface area contributed by atoms with E-state index in [9.17, 15) is 0 Å². The molecule has 0 saturated heterocycles. The van der Waals surface area contributed by atoms with Crippen LogP contribution in [-0.2, 0) is 13.1 Å². The fourth-order valence-corrected chi connectivity index (χ4v) is 2.12. The van der Waals surface area contributed by atoms with Gasteiger partial charge in [-0.1, -0.05) is 24.0 Å². The molecule has 1 aromatic heterocycles. The molecule has 2 aromatic rings. The molecule has 0 atom stereocenters. The van der Waals surface area contributed by atoms with Gasteiger partial charge < -0.3 is 9.52 Å². The molecular formula is C18H21NO2. The monoisotopic (exact) mass is 283 g/mol. The second kappa shape index (κ2) is 7.68. The number of rotatable bonds is 5. The Morgan fingerprint density at radius 2 is 1.86 bits per heavy atom. The zero-order valence-electron chi connectivity index (χ0n) is 12.6. The van der Waals surface area contributed by atoms with E-state index < -0.39 is 0 Å². The largest absolute Gasteiger partial charge is 0.465 e. The van der Waals surface area contributed by atoms with Gasteiger partial charge in [-0.05, 0) is 43.8 Å². The highest BCUT2D eigenvalue weighted by atomic mass is 16.3. The highest BCUT2D eigenvalue weighted by Crippen LogP contribution is 2.11. The molecule has 1 heterocycles. The predicted octanol–water partition coefficient (Wildman–Crippen LogP) is 2.95. The summed E-state index contributed by atoms with van der Waals surface area (Å²) in [5.41, 5.74) is 2.23. The van der Waals surface area contributed by atoms with Gasteiger partial charge in [-0.2, -0.15) is 0 Å². The van der Waals surface area contributed by atoms with Crippen LogP contribution in [0.5, 0.6) is 0 Å². The van der Waals surface area contributed by atoms with Gasteiger partial charge in [0.25, 0.3) is 0 Å². The lowest BCUT2D eigenvalue weighted by molar-refractivity contribution is 0.285. The van der Waals surface area contributed by atoms with Crippen LogP contribution in [0.1, 0.15) is 29.1 Å². The van der Waals surface area contributed by atoms with E-state index in [0.29, 0.717) is 6.42 Å². The third-order valence-electron chi connectivity index (χ3n) is 3.10. The fourth-order valence-electron chi connectivity index (χ4n) is 2.12. The van der Waals surface area contributed by atoms with E-state index >= 15 is 0 Å².